The summed E-state index contributed by atoms with van der Waals surface area (Å²) in [6.45, 7) is 5.43. The van der Waals surface area contributed by atoms with Crippen molar-refractivity contribution in [3.05, 3.63) is 35.6 Å². The van der Waals surface area contributed by atoms with E-state index in [1.54, 1.807) is 6.92 Å². The van der Waals surface area contributed by atoms with Gasteiger partial charge in [0.15, 0.2) is 5.78 Å². The van der Waals surface area contributed by atoms with Crippen LogP contribution >= 0.6 is 0 Å². The summed E-state index contributed by atoms with van der Waals surface area (Å²) in [7, 11) is 0. The molecule has 126 valence electrons. The van der Waals surface area contributed by atoms with Crippen molar-refractivity contribution >= 4 is 17.6 Å². The van der Waals surface area contributed by atoms with E-state index in [0.717, 1.165) is 6.42 Å². The molecule has 1 aromatic rings. The van der Waals surface area contributed by atoms with Crippen LogP contribution in [0.5, 0.6) is 0 Å². The molecule has 2 N–H and O–H groups in total. The first-order chi connectivity index (χ1) is 10.8. The van der Waals surface area contributed by atoms with Gasteiger partial charge in [-0.05, 0) is 44.5 Å². The Kier molecular flexibility index (Phi) is 7.38. The zero-order valence-electron chi connectivity index (χ0n) is 13.7. The lowest BCUT2D eigenvalue weighted by Crippen LogP contribution is -2.47. The Morgan fingerprint density at radius 3 is 2.22 bits per heavy atom. The van der Waals surface area contributed by atoms with E-state index in [9.17, 15) is 18.8 Å². The number of ketones is 1. The summed E-state index contributed by atoms with van der Waals surface area (Å²) in [5, 5.41) is 5.34. The van der Waals surface area contributed by atoms with Crippen molar-refractivity contribution in [2.24, 2.45) is 0 Å². The first-order valence-corrected chi connectivity index (χ1v) is 7.72. The molecule has 0 aliphatic carbocycles. The average molecular weight is 322 g/mol. The predicted octanol–water partition coefficient (Wildman–Crippen LogP) is 2.21. The quantitative estimate of drug-likeness (QED) is 0.721. The van der Waals surface area contributed by atoms with E-state index in [4.69, 9.17) is 0 Å². The fraction of sp³-hybridized carbons (Fsp3) is 0.471. The van der Waals surface area contributed by atoms with Crippen molar-refractivity contribution in [1.29, 1.82) is 0 Å². The molecule has 0 aromatic heterocycles. The number of halogens is 1. The summed E-state index contributed by atoms with van der Waals surface area (Å²) in [5.74, 6) is -1.28. The highest BCUT2D eigenvalue weighted by Crippen LogP contribution is 2.07. The minimum absolute atomic E-state index is 0.0111. The second kappa shape index (κ2) is 9.02. The Labute approximate surface area is 135 Å². The molecule has 5 nitrogen and oxygen atoms in total. The lowest BCUT2D eigenvalue weighted by atomic mass is 10.1. The van der Waals surface area contributed by atoms with E-state index in [-0.39, 0.29) is 36.5 Å². The van der Waals surface area contributed by atoms with Gasteiger partial charge < -0.3 is 10.6 Å². The first kappa shape index (κ1) is 18.8. The van der Waals surface area contributed by atoms with E-state index in [1.165, 1.54) is 24.3 Å². The molecule has 2 amide bonds. The molecule has 0 fully saturated rings. The maximum atomic E-state index is 12.8. The smallest absolute Gasteiger partial charge is 0.242 e. The summed E-state index contributed by atoms with van der Waals surface area (Å²) < 4.78 is 12.8. The van der Waals surface area contributed by atoms with Crippen LogP contribution in [0.3, 0.4) is 0 Å². The van der Waals surface area contributed by atoms with Crippen LogP contribution in [0, 0.1) is 5.82 Å². The highest BCUT2D eigenvalue weighted by molar-refractivity contribution is 5.98. The number of Topliss-reactive ketones (excluding diaryl/α,β-unsaturated/α-hetero) is 1. The molecule has 0 bridgehead atoms. The lowest BCUT2D eigenvalue weighted by molar-refractivity contribution is -0.128. The van der Waals surface area contributed by atoms with Gasteiger partial charge in [0.25, 0.3) is 0 Å². The Balaban J connectivity index is 2.40. The number of hydrogen-bond acceptors (Lipinski definition) is 3. The maximum absolute atomic E-state index is 12.8. The number of carbonyl (C=O) groups excluding carboxylic acids is 3. The van der Waals surface area contributed by atoms with E-state index in [1.807, 2.05) is 13.8 Å². The molecule has 0 radical (unpaired) electrons. The van der Waals surface area contributed by atoms with E-state index < -0.39 is 11.9 Å². The third-order valence-corrected chi connectivity index (χ3v) is 3.52. The fourth-order valence-corrected chi connectivity index (χ4v) is 1.86. The summed E-state index contributed by atoms with van der Waals surface area (Å²) in [6, 6.07) is 4.57. The van der Waals surface area contributed by atoms with Crippen LogP contribution in [0.2, 0.25) is 0 Å². The standard InChI is InChI=1S/C17H23FN2O3/c1-4-11(2)19-17(23)12(3)20-16(22)10-9-15(21)13-5-7-14(18)8-6-13/h5-8,11-12H,4,9-10H2,1-3H3,(H,19,23)(H,20,22)/t11-,12+/m1/s1. The average Bonchev–Trinajstić information content (AvgIpc) is 2.52. The van der Waals surface area contributed by atoms with Gasteiger partial charge in [-0.15, -0.1) is 0 Å². The molecule has 6 heteroatoms. The van der Waals surface area contributed by atoms with E-state index in [0.29, 0.717) is 5.56 Å². The Morgan fingerprint density at radius 2 is 1.65 bits per heavy atom. The second-order valence-electron chi connectivity index (χ2n) is 5.54. The second-order valence-corrected chi connectivity index (χ2v) is 5.54. The van der Waals surface area contributed by atoms with Gasteiger partial charge in [0.2, 0.25) is 11.8 Å². The molecule has 0 saturated carbocycles. The molecule has 0 heterocycles. The summed E-state index contributed by atoms with van der Waals surface area (Å²) in [5.41, 5.74) is 0.363. The van der Waals surface area contributed by atoms with Crippen LogP contribution in [0.15, 0.2) is 24.3 Å². The van der Waals surface area contributed by atoms with Gasteiger partial charge in [0, 0.05) is 24.4 Å². The molecule has 1 aromatic carbocycles. The number of nitrogens with one attached hydrogen (secondary N) is 2. The Bertz CT molecular complexity index is 557. The number of amides is 2. The largest absolute Gasteiger partial charge is 0.352 e. The van der Waals surface area contributed by atoms with Crippen LogP contribution in [-0.4, -0.2) is 29.7 Å². The number of benzene rings is 1. The van der Waals surface area contributed by atoms with Crippen LogP contribution in [-0.2, 0) is 9.59 Å². The monoisotopic (exact) mass is 322 g/mol. The van der Waals surface area contributed by atoms with Gasteiger partial charge in [0.05, 0.1) is 0 Å². The Hall–Kier alpha value is -2.24. The van der Waals surface area contributed by atoms with Gasteiger partial charge in [0.1, 0.15) is 11.9 Å². The van der Waals surface area contributed by atoms with Crippen molar-refractivity contribution in [1.82, 2.24) is 10.6 Å². The van der Waals surface area contributed by atoms with Gasteiger partial charge >= 0.3 is 0 Å². The maximum Gasteiger partial charge on any atom is 0.242 e. The Morgan fingerprint density at radius 1 is 1.04 bits per heavy atom. The molecule has 0 saturated heterocycles. The molecular weight excluding hydrogens is 299 g/mol. The normalized spacial score (nSPS) is 13.0. The van der Waals surface area contributed by atoms with Gasteiger partial charge in [-0.2, -0.15) is 0 Å². The highest BCUT2D eigenvalue weighted by atomic mass is 19.1. The molecule has 0 spiro atoms. The molecule has 1 rings (SSSR count). The molecule has 2 atom stereocenters. The van der Waals surface area contributed by atoms with Crippen LogP contribution in [0.1, 0.15) is 50.4 Å². The van der Waals surface area contributed by atoms with Gasteiger partial charge in [-0.25, -0.2) is 4.39 Å². The summed E-state index contributed by atoms with van der Waals surface area (Å²) in [6.07, 6.45) is 0.799. The van der Waals surface area contributed by atoms with Crippen molar-refractivity contribution in [3.63, 3.8) is 0 Å². The minimum atomic E-state index is -0.655. The van der Waals surface area contributed by atoms with Crippen molar-refractivity contribution < 1.29 is 18.8 Å². The predicted molar refractivity (Wildman–Crippen MR) is 85.5 cm³/mol. The van der Waals surface area contributed by atoms with E-state index in [2.05, 4.69) is 10.6 Å². The van der Waals surface area contributed by atoms with Crippen LogP contribution in [0.25, 0.3) is 0 Å². The number of carbonyl (C=O) groups is 3. The van der Waals surface area contributed by atoms with Gasteiger partial charge in [-0.1, -0.05) is 6.92 Å². The molecule has 0 aliphatic heterocycles. The molecule has 23 heavy (non-hydrogen) atoms. The summed E-state index contributed by atoms with van der Waals surface area (Å²) >= 11 is 0. The third-order valence-electron chi connectivity index (χ3n) is 3.52. The third kappa shape index (κ3) is 6.59. The lowest BCUT2D eigenvalue weighted by Gasteiger charge is -2.17. The topological polar surface area (TPSA) is 75.3 Å². The highest BCUT2D eigenvalue weighted by Gasteiger charge is 2.17. The molecule has 0 unspecified atom stereocenters. The fourth-order valence-electron chi connectivity index (χ4n) is 1.86. The van der Waals surface area contributed by atoms with Crippen LogP contribution < -0.4 is 10.6 Å². The van der Waals surface area contributed by atoms with Crippen molar-refractivity contribution in [2.75, 3.05) is 0 Å². The zero-order valence-corrected chi connectivity index (χ0v) is 13.7. The number of hydrogen-bond donors (Lipinski definition) is 2. The van der Waals surface area contributed by atoms with E-state index >= 15 is 0 Å². The SMILES string of the molecule is CC[C@@H](C)NC(=O)[C@H](C)NC(=O)CCC(=O)c1ccc(F)cc1. The number of rotatable bonds is 8. The minimum Gasteiger partial charge on any atom is -0.352 e. The van der Waals surface area contributed by atoms with Crippen molar-refractivity contribution in [2.45, 2.75) is 52.1 Å². The molecule has 0 aliphatic rings. The molecular formula is C17H23FN2O3. The van der Waals surface area contributed by atoms with Crippen LogP contribution in [0.4, 0.5) is 4.39 Å². The van der Waals surface area contributed by atoms with Gasteiger partial charge in [-0.3, -0.25) is 14.4 Å². The summed E-state index contributed by atoms with van der Waals surface area (Å²) in [4.78, 5) is 35.5. The van der Waals surface area contributed by atoms with Crippen molar-refractivity contribution in [3.8, 4) is 0 Å². The zero-order chi connectivity index (χ0) is 17.4. The first-order valence-electron chi connectivity index (χ1n) is 7.72.